The molecule has 1 unspecified atom stereocenters. The molecule has 11 heavy (non-hydrogen) atoms. The predicted octanol–water partition coefficient (Wildman–Crippen LogP) is 1.05. The first kappa shape index (κ1) is 10.7. The highest BCUT2D eigenvalue weighted by molar-refractivity contribution is 4.91. The van der Waals surface area contributed by atoms with Gasteiger partial charge in [0.05, 0.1) is 0 Å². The van der Waals surface area contributed by atoms with Gasteiger partial charge in [-0.25, -0.2) is 0 Å². The standard InChI is InChI=1S/C9H20N2/c1-9(11(4)5)7-6-8-10(2)3/h6-7,9H,8H2,1-5H3/b7-6+. The maximum atomic E-state index is 2.22. The van der Waals surface area contributed by atoms with E-state index in [2.05, 4.69) is 57.1 Å². The SMILES string of the molecule is CC(/C=C/CN(C)C)N(C)C. The zero-order valence-corrected chi connectivity index (χ0v) is 8.33. The van der Waals surface area contributed by atoms with Gasteiger partial charge in [0.1, 0.15) is 0 Å². The van der Waals surface area contributed by atoms with Gasteiger partial charge in [-0.3, -0.25) is 0 Å². The first-order valence-electron chi connectivity index (χ1n) is 4.02. The highest BCUT2D eigenvalue weighted by atomic mass is 15.1. The monoisotopic (exact) mass is 156 g/mol. The van der Waals surface area contributed by atoms with Crippen LogP contribution >= 0.6 is 0 Å². The molecule has 0 saturated carbocycles. The summed E-state index contributed by atoms with van der Waals surface area (Å²) in [5.74, 6) is 0. The predicted molar refractivity (Wildman–Crippen MR) is 50.8 cm³/mol. The third-order valence-electron chi connectivity index (χ3n) is 1.70. The van der Waals surface area contributed by atoms with E-state index in [1.807, 2.05) is 0 Å². The van der Waals surface area contributed by atoms with Gasteiger partial charge in [0.25, 0.3) is 0 Å². The molecule has 0 aliphatic carbocycles. The third kappa shape index (κ3) is 6.07. The summed E-state index contributed by atoms with van der Waals surface area (Å²) in [5, 5.41) is 0. The van der Waals surface area contributed by atoms with Crippen LogP contribution in [0.3, 0.4) is 0 Å². The lowest BCUT2D eigenvalue weighted by atomic mass is 10.3. The summed E-state index contributed by atoms with van der Waals surface area (Å²) in [6.45, 7) is 3.21. The Kier molecular flexibility index (Phi) is 5.16. The maximum absolute atomic E-state index is 2.22. The molecule has 0 bridgehead atoms. The summed E-state index contributed by atoms with van der Waals surface area (Å²) in [5.41, 5.74) is 0. The van der Waals surface area contributed by atoms with Gasteiger partial charge >= 0.3 is 0 Å². The molecule has 66 valence electrons. The van der Waals surface area contributed by atoms with Crippen molar-refractivity contribution in [2.24, 2.45) is 0 Å². The van der Waals surface area contributed by atoms with Gasteiger partial charge in [-0.1, -0.05) is 12.2 Å². The highest BCUT2D eigenvalue weighted by Gasteiger charge is 1.96. The van der Waals surface area contributed by atoms with E-state index >= 15 is 0 Å². The van der Waals surface area contributed by atoms with Gasteiger partial charge in [0.15, 0.2) is 0 Å². The Hall–Kier alpha value is -0.340. The Morgan fingerprint density at radius 3 is 2.09 bits per heavy atom. The molecular weight excluding hydrogens is 136 g/mol. The molecule has 0 N–H and O–H groups in total. The molecule has 0 aromatic heterocycles. The Bertz CT molecular complexity index is 117. The number of rotatable bonds is 4. The molecule has 0 saturated heterocycles. The molecule has 0 fully saturated rings. The summed E-state index contributed by atoms with van der Waals surface area (Å²) < 4.78 is 0. The Morgan fingerprint density at radius 1 is 1.18 bits per heavy atom. The van der Waals surface area contributed by atoms with Gasteiger partial charge in [-0.2, -0.15) is 0 Å². The number of hydrogen-bond acceptors (Lipinski definition) is 2. The average Bonchev–Trinajstić information content (AvgIpc) is 1.86. The second-order valence-corrected chi connectivity index (χ2v) is 3.39. The van der Waals surface area contributed by atoms with Gasteiger partial charge < -0.3 is 9.80 Å². The second kappa shape index (κ2) is 5.33. The third-order valence-corrected chi connectivity index (χ3v) is 1.70. The van der Waals surface area contributed by atoms with Gasteiger partial charge in [-0.05, 0) is 35.1 Å². The molecular formula is C9H20N2. The van der Waals surface area contributed by atoms with Crippen molar-refractivity contribution in [3.8, 4) is 0 Å². The van der Waals surface area contributed by atoms with Crippen LogP contribution in [0.2, 0.25) is 0 Å². The molecule has 2 heteroatoms. The normalized spacial score (nSPS) is 15.2. The van der Waals surface area contributed by atoms with Crippen molar-refractivity contribution >= 4 is 0 Å². The van der Waals surface area contributed by atoms with E-state index in [1.54, 1.807) is 0 Å². The highest BCUT2D eigenvalue weighted by Crippen LogP contribution is 1.92. The van der Waals surface area contributed by atoms with E-state index in [9.17, 15) is 0 Å². The van der Waals surface area contributed by atoms with Crippen LogP contribution in [0.5, 0.6) is 0 Å². The van der Waals surface area contributed by atoms with Crippen molar-refractivity contribution in [2.45, 2.75) is 13.0 Å². The molecule has 0 spiro atoms. The topological polar surface area (TPSA) is 6.48 Å². The van der Waals surface area contributed by atoms with Crippen LogP contribution in [0.4, 0.5) is 0 Å². The largest absolute Gasteiger partial charge is 0.306 e. The summed E-state index contributed by atoms with van der Waals surface area (Å²) >= 11 is 0. The van der Waals surface area contributed by atoms with Crippen molar-refractivity contribution < 1.29 is 0 Å². The smallest absolute Gasteiger partial charge is 0.0244 e. The van der Waals surface area contributed by atoms with E-state index in [-0.39, 0.29) is 0 Å². The summed E-state index contributed by atoms with van der Waals surface area (Å²) in [7, 11) is 8.32. The van der Waals surface area contributed by atoms with Crippen LogP contribution in [-0.2, 0) is 0 Å². The van der Waals surface area contributed by atoms with Crippen molar-refractivity contribution in [1.82, 2.24) is 9.80 Å². The van der Waals surface area contributed by atoms with E-state index < -0.39 is 0 Å². The lowest BCUT2D eigenvalue weighted by Crippen LogP contribution is -2.22. The average molecular weight is 156 g/mol. The van der Waals surface area contributed by atoms with Gasteiger partial charge in [-0.15, -0.1) is 0 Å². The molecule has 0 heterocycles. The minimum Gasteiger partial charge on any atom is -0.306 e. The molecule has 0 radical (unpaired) electrons. The van der Waals surface area contributed by atoms with Gasteiger partial charge in [0.2, 0.25) is 0 Å². The maximum Gasteiger partial charge on any atom is 0.0244 e. The summed E-state index contributed by atoms with van der Waals surface area (Å²) in [6.07, 6.45) is 4.42. The number of likely N-dealkylation sites (N-methyl/N-ethyl adjacent to an activating group) is 2. The molecule has 0 aliphatic rings. The minimum atomic E-state index is 0.537. The Labute approximate surface area is 70.5 Å². The van der Waals surface area contributed by atoms with Crippen LogP contribution in [-0.4, -0.2) is 50.6 Å². The van der Waals surface area contributed by atoms with Crippen LogP contribution in [0.25, 0.3) is 0 Å². The van der Waals surface area contributed by atoms with E-state index in [0.717, 1.165) is 6.54 Å². The van der Waals surface area contributed by atoms with E-state index in [4.69, 9.17) is 0 Å². The van der Waals surface area contributed by atoms with Gasteiger partial charge in [0, 0.05) is 12.6 Å². The lowest BCUT2D eigenvalue weighted by molar-refractivity contribution is 0.362. The fourth-order valence-corrected chi connectivity index (χ4v) is 0.641. The molecule has 1 atom stereocenters. The zero-order chi connectivity index (χ0) is 8.85. The number of nitrogens with zero attached hydrogens (tertiary/aromatic N) is 2. The lowest BCUT2D eigenvalue weighted by Gasteiger charge is -2.15. The fourth-order valence-electron chi connectivity index (χ4n) is 0.641. The zero-order valence-electron chi connectivity index (χ0n) is 8.33. The molecule has 0 rings (SSSR count). The van der Waals surface area contributed by atoms with E-state index in [1.165, 1.54) is 0 Å². The van der Waals surface area contributed by atoms with Crippen LogP contribution in [0.1, 0.15) is 6.92 Å². The molecule has 0 aromatic carbocycles. The summed E-state index contributed by atoms with van der Waals surface area (Å²) in [4.78, 5) is 4.34. The Balaban J connectivity index is 3.56. The fraction of sp³-hybridized carbons (Fsp3) is 0.778. The van der Waals surface area contributed by atoms with Crippen molar-refractivity contribution in [3.05, 3.63) is 12.2 Å². The van der Waals surface area contributed by atoms with Crippen molar-refractivity contribution in [3.63, 3.8) is 0 Å². The minimum absolute atomic E-state index is 0.537. The molecule has 2 nitrogen and oxygen atoms in total. The van der Waals surface area contributed by atoms with E-state index in [0.29, 0.717) is 6.04 Å². The molecule has 0 aromatic rings. The molecule has 0 aliphatic heterocycles. The first-order valence-corrected chi connectivity index (χ1v) is 4.02. The van der Waals surface area contributed by atoms with Crippen LogP contribution in [0.15, 0.2) is 12.2 Å². The number of hydrogen-bond donors (Lipinski definition) is 0. The van der Waals surface area contributed by atoms with Crippen molar-refractivity contribution in [2.75, 3.05) is 34.7 Å². The van der Waals surface area contributed by atoms with Crippen LogP contribution in [0, 0.1) is 0 Å². The van der Waals surface area contributed by atoms with Crippen LogP contribution < -0.4 is 0 Å². The molecule has 0 amide bonds. The second-order valence-electron chi connectivity index (χ2n) is 3.39. The van der Waals surface area contributed by atoms with Crippen molar-refractivity contribution in [1.29, 1.82) is 0 Å². The summed E-state index contributed by atoms with van der Waals surface area (Å²) in [6, 6.07) is 0.537. The first-order chi connectivity index (χ1) is 5.04. The quantitative estimate of drug-likeness (QED) is 0.561. The Morgan fingerprint density at radius 2 is 1.73 bits per heavy atom.